The van der Waals surface area contributed by atoms with Crippen molar-refractivity contribution in [2.75, 3.05) is 19.6 Å². The van der Waals surface area contributed by atoms with Crippen LogP contribution in [0.5, 0.6) is 0 Å². The van der Waals surface area contributed by atoms with E-state index >= 15 is 0 Å². The van der Waals surface area contributed by atoms with Gasteiger partial charge in [-0.2, -0.15) is 5.10 Å². The van der Waals surface area contributed by atoms with Crippen LogP contribution in [0.4, 0.5) is 0 Å². The van der Waals surface area contributed by atoms with Crippen LogP contribution in [0.1, 0.15) is 31.7 Å². The first-order valence-electron chi connectivity index (χ1n) is 5.81. The Bertz CT molecular complexity index is 257. The van der Waals surface area contributed by atoms with Crippen molar-refractivity contribution < 1.29 is 0 Å². The molecule has 1 heterocycles. The number of hydrogen-bond donors (Lipinski definition) is 3. The van der Waals surface area contributed by atoms with Crippen molar-refractivity contribution in [2.45, 2.75) is 33.2 Å². The van der Waals surface area contributed by atoms with E-state index in [0.717, 1.165) is 38.3 Å². The first kappa shape index (κ1) is 12.2. The quantitative estimate of drug-likeness (QED) is 0.562. The summed E-state index contributed by atoms with van der Waals surface area (Å²) >= 11 is 0. The van der Waals surface area contributed by atoms with Gasteiger partial charge in [0, 0.05) is 12.2 Å². The maximum absolute atomic E-state index is 4.19. The summed E-state index contributed by atoms with van der Waals surface area (Å²) in [6, 6.07) is 2.12. The Morgan fingerprint density at radius 3 is 2.73 bits per heavy atom. The molecule has 0 atom stereocenters. The summed E-state index contributed by atoms with van der Waals surface area (Å²) < 4.78 is 0. The monoisotopic (exact) mass is 210 g/mol. The van der Waals surface area contributed by atoms with E-state index in [9.17, 15) is 0 Å². The molecule has 4 heteroatoms. The Kier molecular flexibility index (Phi) is 6.04. The number of hydrogen-bond acceptors (Lipinski definition) is 3. The molecular formula is C11H22N4. The molecule has 0 amide bonds. The molecule has 0 aliphatic heterocycles. The van der Waals surface area contributed by atoms with Gasteiger partial charge in [0.25, 0.3) is 0 Å². The fraction of sp³-hybridized carbons (Fsp3) is 0.727. The van der Waals surface area contributed by atoms with Gasteiger partial charge in [0.1, 0.15) is 0 Å². The van der Waals surface area contributed by atoms with Crippen LogP contribution < -0.4 is 10.6 Å². The lowest BCUT2D eigenvalue weighted by Crippen LogP contribution is -2.21. The lowest BCUT2D eigenvalue weighted by Gasteiger charge is -2.03. The second-order valence-corrected chi connectivity index (χ2v) is 3.62. The van der Waals surface area contributed by atoms with Gasteiger partial charge in [0.15, 0.2) is 0 Å². The Morgan fingerprint density at radius 1 is 1.27 bits per heavy atom. The standard InChI is InChI=1S/C11H22N4/c1-3-10-8-11(15-14-10)9-13-7-5-6-12-4-2/h8,12-13H,3-7,9H2,1-2H3,(H,14,15). The SMILES string of the molecule is CCNCCCNCc1cc(CC)n[nH]1. The van der Waals surface area contributed by atoms with E-state index < -0.39 is 0 Å². The van der Waals surface area contributed by atoms with Gasteiger partial charge < -0.3 is 10.6 Å². The van der Waals surface area contributed by atoms with Gasteiger partial charge >= 0.3 is 0 Å². The number of nitrogens with zero attached hydrogens (tertiary/aromatic N) is 1. The van der Waals surface area contributed by atoms with Crippen molar-refractivity contribution >= 4 is 0 Å². The maximum atomic E-state index is 4.19. The van der Waals surface area contributed by atoms with Crippen LogP contribution in [0.3, 0.4) is 0 Å². The normalized spacial score (nSPS) is 10.8. The van der Waals surface area contributed by atoms with Crippen molar-refractivity contribution in [3.05, 3.63) is 17.5 Å². The minimum absolute atomic E-state index is 0.888. The van der Waals surface area contributed by atoms with Gasteiger partial charge in [-0.25, -0.2) is 0 Å². The van der Waals surface area contributed by atoms with Crippen LogP contribution in [0.2, 0.25) is 0 Å². The summed E-state index contributed by atoms with van der Waals surface area (Å²) in [5.41, 5.74) is 2.31. The molecular weight excluding hydrogens is 188 g/mol. The van der Waals surface area contributed by atoms with Crippen LogP contribution in [0.25, 0.3) is 0 Å². The molecule has 3 N–H and O–H groups in total. The molecule has 0 aliphatic rings. The molecule has 0 spiro atoms. The summed E-state index contributed by atoms with van der Waals surface area (Å²) in [4.78, 5) is 0. The molecule has 0 aromatic carbocycles. The lowest BCUT2D eigenvalue weighted by atomic mass is 10.3. The zero-order chi connectivity index (χ0) is 10.9. The fourth-order valence-corrected chi connectivity index (χ4v) is 1.42. The van der Waals surface area contributed by atoms with Crippen LogP contribution in [-0.2, 0) is 13.0 Å². The third kappa shape index (κ3) is 4.95. The number of nitrogens with one attached hydrogen (secondary N) is 3. The number of aromatic amines is 1. The molecule has 0 aliphatic carbocycles. The van der Waals surface area contributed by atoms with Crippen molar-refractivity contribution in [3.8, 4) is 0 Å². The number of aromatic nitrogens is 2. The summed E-state index contributed by atoms with van der Waals surface area (Å²) in [5, 5.41) is 13.9. The Hall–Kier alpha value is -0.870. The second-order valence-electron chi connectivity index (χ2n) is 3.62. The predicted octanol–water partition coefficient (Wildman–Crippen LogP) is 1.06. The molecule has 4 nitrogen and oxygen atoms in total. The molecule has 0 saturated carbocycles. The molecule has 1 aromatic heterocycles. The van der Waals surface area contributed by atoms with Crippen molar-refractivity contribution in [1.82, 2.24) is 20.8 Å². The molecule has 15 heavy (non-hydrogen) atoms. The lowest BCUT2D eigenvalue weighted by molar-refractivity contribution is 0.601. The highest BCUT2D eigenvalue weighted by molar-refractivity contribution is 5.07. The van der Waals surface area contributed by atoms with Crippen molar-refractivity contribution in [2.24, 2.45) is 0 Å². The highest BCUT2D eigenvalue weighted by atomic mass is 15.1. The molecule has 0 radical (unpaired) electrons. The predicted molar refractivity (Wildman–Crippen MR) is 62.8 cm³/mol. The highest BCUT2D eigenvalue weighted by Gasteiger charge is 1.97. The Balaban J connectivity index is 2.04. The minimum Gasteiger partial charge on any atom is -0.317 e. The largest absolute Gasteiger partial charge is 0.317 e. The second kappa shape index (κ2) is 7.43. The molecule has 86 valence electrons. The summed E-state index contributed by atoms with van der Waals surface area (Å²) in [5.74, 6) is 0. The van der Waals surface area contributed by atoms with Gasteiger partial charge in [-0.05, 0) is 38.5 Å². The third-order valence-corrected chi connectivity index (χ3v) is 2.32. The number of aryl methyl sites for hydroxylation is 1. The van der Waals surface area contributed by atoms with E-state index in [1.54, 1.807) is 0 Å². The maximum Gasteiger partial charge on any atom is 0.0622 e. The first-order chi connectivity index (χ1) is 7.36. The van der Waals surface area contributed by atoms with E-state index in [1.165, 1.54) is 12.1 Å². The van der Waals surface area contributed by atoms with Crippen LogP contribution >= 0.6 is 0 Å². The number of H-pyrrole nitrogens is 1. The topological polar surface area (TPSA) is 52.7 Å². The molecule has 0 unspecified atom stereocenters. The van der Waals surface area contributed by atoms with Gasteiger partial charge in [0.05, 0.1) is 5.69 Å². The molecule has 0 bridgehead atoms. The molecule has 0 fully saturated rings. The molecule has 1 rings (SSSR count). The van der Waals surface area contributed by atoms with Crippen LogP contribution in [0, 0.1) is 0 Å². The van der Waals surface area contributed by atoms with Crippen LogP contribution in [-0.4, -0.2) is 29.8 Å². The van der Waals surface area contributed by atoms with Gasteiger partial charge in [-0.1, -0.05) is 13.8 Å². The highest BCUT2D eigenvalue weighted by Crippen LogP contribution is 1.99. The van der Waals surface area contributed by atoms with Crippen molar-refractivity contribution in [1.29, 1.82) is 0 Å². The fourth-order valence-electron chi connectivity index (χ4n) is 1.42. The zero-order valence-corrected chi connectivity index (χ0v) is 9.77. The van der Waals surface area contributed by atoms with Gasteiger partial charge in [-0.15, -0.1) is 0 Å². The van der Waals surface area contributed by atoms with Crippen LogP contribution in [0.15, 0.2) is 6.07 Å². The van der Waals surface area contributed by atoms with Gasteiger partial charge in [0.2, 0.25) is 0 Å². The first-order valence-corrected chi connectivity index (χ1v) is 5.81. The van der Waals surface area contributed by atoms with E-state index in [0.29, 0.717) is 0 Å². The summed E-state index contributed by atoms with van der Waals surface area (Å²) in [6.07, 6.45) is 2.17. The molecule has 1 aromatic rings. The van der Waals surface area contributed by atoms with E-state index in [-0.39, 0.29) is 0 Å². The Labute approximate surface area is 91.8 Å². The van der Waals surface area contributed by atoms with E-state index in [4.69, 9.17) is 0 Å². The zero-order valence-electron chi connectivity index (χ0n) is 9.77. The van der Waals surface area contributed by atoms with E-state index in [2.05, 4.69) is 40.7 Å². The minimum atomic E-state index is 0.888. The molecule has 0 saturated heterocycles. The summed E-state index contributed by atoms with van der Waals surface area (Å²) in [6.45, 7) is 8.33. The number of rotatable bonds is 8. The van der Waals surface area contributed by atoms with Gasteiger partial charge in [-0.3, -0.25) is 5.10 Å². The van der Waals surface area contributed by atoms with Crippen molar-refractivity contribution in [3.63, 3.8) is 0 Å². The third-order valence-electron chi connectivity index (χ3n) is 2.32. The Morgan fingerprint density at radius 2 is 2.07 bits per heavy atom. The average molecular weight is 210 g/mol. The smallest absolute Gasteiger partial charge is 0.0622 e. The van der Waals surface area contributed by atoms with E-state index in [1.807, 2.05) is 0 Å². The average Bonchev–Trinajstić information content (AvgIpc) is 2.71. The summed E-state index contributed by atoms with van der Waals surface area (Å²) in [7, 11) is 0.